The fourth-order valence-corrected chi connectivity index (χ4v) is 5.50. The second-order valence-corrected chi connectivity index (χ2v) is 7.99. The number of rotatable bonds is 2. The minimum absolute atomic E-state index is 0.00235. The van der Waals surface area contributed by atoms with Crippen molar-refractivity contribution in [3.05, 3.63) is 63.9 Å². The van der Waals surface area contributed by atoms with E-state index in [0.29, 0.717) is 10.2 Å². The van der Waals surface area contributed by atoms with Gasteiger partial charge < -0.3 is 0 Å². The molecular weight excluding hydrogens is 385 g/mol. The minimum atomic E-state index is -0.0923. The molecule has 0 unspecified atom stereocenters. The van der Waals surface area contributed by atoms with Crippen LogP contribution in [0.5, 0.6) is 0 Å². The van der Waals surface area contributed by atoms with E-state index in [4.69, 9.17) is 11.6 Å². The fraction of sp³-hybridized carbons (Fsp3) is 0. The number of aromatic nitrogens is 3. The average molecular weight is 393 g/mol. The summed E-state index contributed by atoms with van der Waals surface area (Å²) in [6.45, 7) is 0. The van der Waals surface area contributed by atoms with Gasteiger partial charge in [0.2, 0.25) is 0 Å². The normalized spacial score (nSPS) is 11.1. The SMILES string of the molecule is O=c1c2ccccc2[se]n1-c1nnc(-c2ccccc2Cl)s1. The summed E-state index contributed by atoms with van der Waals surface area (Å²) < 4.78 is 2.80. The van der Waals surface area contributed by atoms with E-state index in [1.54, 1.807) is 3.56 Å². The maximum atomic E-state index is 12.5. The molecule has 4 aromatic rings. The summed E-state index contributed by atoms with van der Waals surface area (Å²) >= 11 is 7.49. The molecule has 0 aliphatic rings. The molecule has 2 aromatic heterocycles. The number of fused-ring (bicyclic) bond motifs is 1. The molecule has 0 radical (unpaired) electrons. The van der Waals surface area contributed by atoms with Crippen molar-refractivity contribution < 1.29 is 0 Å². The fourth-order valence-electron chi connectivity index (χ4n) is 2.14. The number of halogens is 1. The molecule has 0 aliphatic heterocycles. The van der Waals surface area contributed by atoms with Gasteiger partial charge in [-0.2, -0.15) is 0 Å². The summed E-state index contributed by atoms with van der Waals surface area (Å²) in [6, 6.07) is 15.2. The van der Waals surface area contributed by atoms with Gasteiger partial charge in [-0.05, 0) is 0 Å². The van der Waals surface area contributed by atoms with Crippen LogP contribution in [0.25, 0.3) is 25.3 Å². The van der Waals surface area contributed by atoms with E-state index in [2.05, 4.69) is 10.2 Å². The first kappa shape index (κ1) is 13.9. The molecule has 22 heavy (non-hydrogen) atoms. The molecule has 4 nitrogen and oxygen atoms in total. The number of hydrogen-bond acceptors (Lipinski definition) is 4. The molecule has 0 spiro atoms. The third kappa shape index (κ3) is 2.25. The number of benzene rings is 2. The van der Waals surface area contributed by atoms with E-state index >= 15 is 0 Å². The Morgan fingerprint density at radius 1 is 1.05 bits per heavy atom. The van der Waals surface area contributed by atoms with Gasteiger partial charge >= 0.3 is 141 Å². The van der Waals surface area contributed by atoms with Crippen LogP contribution < -0.4 is 5.56 Å². The molecule has 7 heteroatoms. The third-order valence-electron chi connectivity index (χ3n) is 3.18. The molecule has 0 aliphatic carbocycles. The van der Waals surface area contributed by atoms with Gasteiger partial charge in [0, 0.05) is 0 Å². The zero-order chi connectivity index (χ0) is 15.1. The number of hydrogen-bond donors (Lipinski definition) is 0. The molecule has 2 heterocycles. The van der Waals surface area contributed by atoms with E-state index in [0.717, 1.165) is 20.2 Å². The summed E-state index contributed by atoms with van der Waals surface area (Å²) in [6.07, 6.45) is 0. The van der Waals surface area contributed by atoms with Gasteiger partial charge in [0.1, 0.15) is 0 Å². The topological polar surface area (TPSA) is 47.8 Å². The molecule has 0 atom stereocenters. The summed E-state index contributed by atoms with van der Waals surface area (Å²) in [5, 5.41) is 11.1. The first-order valence-electron chi connectivity index (χ1n) is 6.44. The summed E-state index contributed by atoms with van der Waals surface area (Å²) in [4.78, 5) is 12.5. The van der Waals surface area contributed by atoms with E-state index in [1.807, 2.05) is 48.5 Å². The zero-order valence-electron chi connectivity index (χ0n) is 11.1. The van der Waals surface area contributed by atoms with Crippen LogP contribution >= 0.6 is 22.9 Å². The Labute approximate surface area is 140 Å². The number of nitrogens with zero attached hydrogens (tertiary/aromatic N) is 3. The van der Waals surface area contributed by atoms with Crippen molar-refractivity contribution in [3.63, 3.8) is 0 Å². The molecule has 108 valence electrons. The molecule has 0 amide bonds. The Bertz CT molecular complexity index is 1040. The van der Waals surface area contributed by atoms with Gasteiger partial charge in [-0.3, -0.25) is 0 Å². The third-order valence-corrected chi connectivity index (χ3v) is 6.97. The first-order valence-corrected chi connectivity index (χ1v) is 9.25. The Balaban J connectivity index is 1.86. The molecule has 4 rings (SSSR count). The van der Waals surface area contributed by atoms with Crippen LogP contribution in [0.4, 0.5) is 0 Å². The summed E-state index contributed by atoms with van der Waals surface area (Å²) in [5.41, 5.74) is 0.835. The molecular formula is C15H8ClN3OSSe. The monoisotopic (exact) mass is 393 g/mol. The Hall–Kier alpha value is -1.72. The van der Waals surface area contributed by atoms with Crippen LogP contribution in [0.1, 0.15) is 0 Å². The molecule has 0 saturated heterocycles. The quantitative estimate of drug-likeness (QED) is 0.492. The van der Waals surface area contributed by atoms with Crippen LogP contribution in [0.3, 0.4) is 0 Å². The van der Waals surface area contributed by atoms with Crippen molar-refractivity contribution in [2.24, 2.45) is 0 Å². The van der Waals surface area contributed by atoms with Crippen molar-refractivity contribution in [1.29, 1.82) is 0 Å². The zero-order valence-corrected chi connectivity index (χ0v) is 14.3. The Morgan fingerprint density at radius 2 is 1.82 bits per heavy atom. The standard InChI is InChI=1S/C15H8ClN3OSSe/c16-11-7-3-1-5-9(11)13-17-18-15(21-13)19-14(20)10-6-2-4-8-12(10)22-19/h1-8H. The summed E-state index contributed by atoms with van der Waals surface area (Å²) in [5.74, 6) is 0. The van der Waals surface area contributed by atoms with Crippen LogP contribution in [0.2, 0.25) is 5.02 Å². The van der Waals surface area contributed by atoms with Crippen molar-refractivity contribution in [3.8, 4) is 15.7 Å². The second-order valence-electron chi connectivity index (χ2n) is 4.56. The van der Waals surface area contributed by atoms with Crippen LogP contribution in [-0.4, -0.2) is 28.5 Å². The predicted molar refractivity (Wildman–Crippen MR) is 90.4 cm³/mol. The van der Waals surface area contributed by atoms with Crippen molar-refractivity contribution in [2.75, 3.05) is 0 Å². The van der Waals surface area contributed by atoms with Crippen LogP contribution in [-0.2, 0) is 0 Å². The first-order chi connectivity index (χ1) is 10.7. The Morgan fingerprint density at radius 3 is 2.64 bits per heavy atom. The van der Waals surface area contributed by atoms with Crippen LogP contribution in [0.15, 0.2) is 53.3 Å². The second kappa shape index (κ2) is 5.48. The van der Waals surface area contributed by atoms with Gasteiger partial charge in [0.05, 0.1) is 0 Å². The van der Waals surface area contributed by atoms with Crippen LogP contribution in [0, 0.1) is 0 Å². The molecule has 0 bridgehead atoms. The molecule has 0 saturated carbocycles. The van der Waals surface area contributed by atoms with Crippen molar-refractivity contribution in [2.45, 2.75) is 0 Å². The van der Waals surface area contributed by atoms with Crippen molar-refractivity contribution >= 4 is 47.3 Å². The summed E-state index contributed by atoms with van der Waals surface area (Å²) in [7, 11) is 0. The van der Waals surface area contributed by atoms with Gasteiger partial charge in [-0.15, -0.1) is 0 Å². The average Bonchev–Trinajstić information content (AvgIpc) is 3.13. The van der Waals surface area contributed by atoms with Gasteiger partial charge in [-0.1, -0.05) is 0 Å². The van der Waals surface area contributed by atoms with Gasteiger partial charge in [0.25, 0.3) is 0 Å². The van der Waals surface area contributed by atoms with Gasteiger partial charge in [0.15, 0.2) is 0 Å². The van der Waals surface area contributed by atoms with E-state index in [9.17, 15) is 4.79 Å². The molecule has 2 aromatic carbocycles. The predicted octanol–water partition coefficient (Wildman–Crippen LogP) is 3.22. The van der Waals surface area contributed by atoms with E-state index in [-0.39, 0.29) is 20.3 Å². The van der Waals surface area contributed by atoms with E-state index in [1.165, 1.54) is 11.3 Å². The maximum absolute atomic E-state index is 12.5. The van der Waals surface area contributed by atoms with Gasteiger partial charge in [-0.25, -0.2) is 0 Å². The molecule has 0 fully saturated rings. The van der Waals surface area contributed by atoms with Crippen molar-refractivity contribution in [1.82, 2.24) is 13.8 Å². The Kier molecular flexibility index (Phi) is 3.47. The van der Waals surface area contributed by atoms with E-state index < -0.39 is 0 Å². The molecule has 0 N–H and O–H groups in total.